The van der Waals surface area contributed by atoms with Crippen molar-refractivity contribution >= 4 is 56.2 Å². The van der Waals surface area contributed by atoms with Crippen molar-refractivity contribution < 1.29 is 23.8 Å². The molecule has 230 valence electrons. The highest BCUT2D eigenvalue weighted by Gasteiger charge is 2.35. The first-order valence-corrected chi connectivity index (χ1v) is 15.4. The molecule has 2 N–H and O–H groups in total. The lowest BCUT2D eigenvalue weighted by molar-refractivity contribution is 0.0339. The summed E-state index contributed by atoms with van der Waals surface area (Å²) in [5.74, 6) is 1.52. The molecule has 0 spiro atoms. The second kappa shape index (κ2) is 12.5. The number of nitriles is 1. The van der Waals surface area contributed by atoms with Gasteiger partial charge in [0.25, 0.3) is 5.91 Å². The summed E-state index contributed by atoms with van der Waals surface area (Å²) in [6, 6.07) is 23.6. The monoisotopic (exact) mass is 632 g/mol. The summed E-state index contributed by atoms with van der Waals surface area (Å²) in [4.78, 5) is 36.3. The number of anilines is 4. The molecule has 11 nitrogen and oxygen atoms in total. The number of amides is 3. The van der Waals surface area contributed by atoms with E-state index in [4.69, 9.17) is 14.2 Å². The molecule has 0 radical (unpaired) electrons. The summed E-state index contributed by atoms with van der Waals surface area (Å²) >= 11 is 1.14. The average molecular weight is 633 g/mol. The van der Waals surface area contributed by atoms with E-state index in [1.54, 1.807) is 37.4 Å². The van der Waals surface area contributed by atoms with E-state index in [9.17, 15) is 14.9 Å². The molecule has 1 saturated heterocycles. The number of thiophene rings is 1. The Hall–Kier alpha value is -5.48. The fourth-order valence-electron chi connectivity index (χ4n) is 5.58. The lowest BCUT2D eigenvalue weighted by atomic mass is 10.1. The second-order valence-electron chi connectivity index (χ2n) is 10.7. The Labute approximate surface area is 268 Å². The molecule has 46 heavy (non-hydrogen) atoms. The standard InChI is InChI=1S/C34H28N6O5S/c1-43-27-17-23(8-7-21(27)20-39-13-15-44-16-14-39)37-32(41)31-29-28-30(22(18-35)19-36-33(28)46-31)40(34(42)38-29)24-9-11-26(12-10-24)45-25-5-3-2-4-6-25/h2-12,17,19H,13-16,20H2,1H3,(H,37,41)(H,38,42). The Bertz CT molecular complexity index is 1980. The number of carbonyl (C=O) groups is 2. The number of hydrogen-bond donors (Lipinski definition) is 2. The third-order valence-corrected chi connectivity index (χ3v) is 8.89. The summed E-state index contributed by atoms with van der Waals surface area (Å²) in [7, 11) is 1.60. The van der Waals surface area contributed by atoms with Gasteiger partial charge in [0.2, 0.25) is 0 Å². The van der Waals surface area contributed by atoms with Crippen LogP contribution in [0.2, 0.25) is 0 Å². The van der Waals surface area contributed by atoms with E-state index in [2.05, 4.69) is 26.6 Å². The van der Waals surface area contributed by atoms with Gasteiger partial charge in [-0.15, -0.1) is 11.3 Å². The largest absolute Gasteiger partial charge is 0.496 e. The minimum atomic E-state index is -0.505. The van der Waals surface area contributed by atoms with Crippen LogP contribution in [0.1, 0.15) is 20.8 Å². The molecule has 12 heteroatoms. The highest BCUT2D eigenvalue weighted by Crippen LogP contribution is 2.47. The van der Waals surface area contributed by atoms with Crippen LogP contribution in [0, 0.1) is 11.3 Å². The Kier molecular flexibility index (Phi) is 7.94. The van der Waals surface area contributed by atoms with E-state index in [0.29, 0.717) is 70.0 Å². The number of ether oxygens (including phenoxy) is 3. The lowest BCUT2D eigenvalue weighted by Gasteiger charge is -2.29. The molecular weight excluding hydrogens is 604 g/mol. The molecule has 3 amide bonds. The van der Waals surface area contributed by atoms with Crippen LogP contribution < -0.4 is 25.0 Å². The number of aromatic nitrogens is 1. The fraction of sp³-hybridized carbons (Fsp3) is 0.176. The van der Waals surface area contributed by atoms with Crippen LogP contribution in [0.15, 0.2) is 79.0 Å². The lowest BCUT2D eigenvalue weighted by Crippen LogP contribution is -2.35. The van der Waals surface area contributed by atoms with Gasteiger partial charge in [0.15, 0.2) is 0 Å². The van der Waals surface area contributed by atoms with Crippen LogP contribution in [-0.4, -0.2) is 55.2 Å². The van der Waals surface area contributed by atoms with Crippen molar-refractivity contribution in [3.63, 3.8) is 0 Å². The van der Waals surface area contributed by atoms with E-state index in [1.165, 1.54) is 11.1 Å². The third-order valence-electron chi connectivity index (χ3n) is 7.79. The van der Waals surface area contributed by atoms with E-state index in [1.807, 2.05) is 42.5 Å². The van der Waals surface area contributed by atoms with Crippen molar-refractivity contribution in [2.75, 3.05) is 48.9 Å². The molecule has 2 aliphatic heterocycles. The molecule has 0 saturated carbocycles. The molecule has 0 unspecified atom stereocenters. The summed E-state index contributed by atoms with van der Waals surface area (Å²) in [6.45, 7) is 3.80. The van der Waals surface area contributed by atoms with Gasteiger partial charge in [0.05, 0.1) is 48.3 Å². The number of carbonyl (C=O) groups excluding carboxylic acids is 2. The quantitative estimate of drug-likeness (QED) is 0.193. The van der Waals surface area contributed by atoms with Crippen LogP contribution in [0.5, 0.6) is 17.2 Å². The number of benzene rings is 3. The highest BCUT2D eigenvalue weighted by atomic mass is 32.1. The van der Waals surface area contributed by atoms with E-state index >= 15 is 0 Å². The van der Waals surface area contributed by atoms with Crippen molar-refractivity contribution in [2.45, 2.75) is 6.54 Å². The van der Waals surface area contributed by atoms with Gasteiger partial charge in [-0.25, -0.2) is 9.78 Å². The van der Waals surface area contributed by atoms with Crippen molar-refractivity contribution in [2.24, 2.45) is 0 Å². The molecule has 3 aromatic carbocycles. The number of para-hydroxylation sites is 1. The Morgan fingerprint density at radius 2 is 1.85 bits per heavy atom. The molecule has 0 atom stereocenters. The maximum absolute atomic E-state index is 13.7. The zero-order valence-corrected chi connectivity index (χ0v) is 25.6. The Morgan fingerprint density at radius 3 is 2.59 bits per heavy atom. The van der Waals surface area contributed by atoms with E-state index in [0.717, 1.165) is 30.0 Å². The van der Waals surface area contributed by atoms with Gasteiger partial charge in [0, 0.05) is 43.1 Å². The Balaban J connectivity index is 1.18. The molecule has 0 aliphatic carbocycles. The normalized spacial score (nSPS) is 14.4. The van der Waals surface area contributed by atoms with Crippen LogP contribution in [-0.2, 0) is 11.3 Å². The van der Waals surface area contributed by atoms with E-state index < -0.39 is 11.9 Å². The van der Waals surface area contributed by atoms with Gasteiger partial charge >= 0.3 is 6.03 Å². The van der Waals surface area contributed by atoms with Crippen molar-refractivity contribution in [3.8, 4) is 23.3 Å². The number of pyridine rings is 1. The Morgan fingerprint density at radius 1 is 1.09 bits per heavy atom. The zero-order valence-electron chi connectivity index (χ0n) is 24.8. The zero-order chi connectivity index (χ0) is 31.6. The molecule has 7 rings (SSSR count). The molecule has 2 aromatic heterocycles. The van der Waals surface area contributed by atoms with Gasteiger partial charge in [-0.3, -0.25) is 14.6 Å². The summed E-state index contributed by atoms with van der Waals surface area (Å²) in [5, 5.41) is 16.4. The number of methoxy groups -OCH3 is 1. The molecule has 1 fully saturated rings. The number of nitrogens with one attached hydrogen (secondary N) is 2. The first kappa shape index (κ1) is 29.2. The summed E-state index contributed by atoms with van der Waals surface area (Å²) < 4.78 is 17.0. The van der Waals surface area contributed by atoms with Gasteiger partial charge in [-0.1, -0.05) is 24.3 Å². The van der Waals surface area contributed by atoms with Gasteiger partial charge in [-0.2, -0.15) is 5.26 Å². The van der Waals surface area contributed by atoms with Crippen molar-refractivity contribution in [1.29, 1.82) is 5.26 Å². The number of morpholine rings is 1. The predicted molar refractivity (Wildman–Crippen MR) is 175 cm³/mol. The summed E-state index contributed by atoms with van der Waals surface area (Å²) in [6.07, 6.45) is 1.43. The number of rotatable bonds is 8. The summed E-state index contributed by atoms with van der Waals surface area (Å²) in [5.41, 5.74) is 2.97. The van der Waals surface area contributed by atoms with Gasteiger partial charge in [-0.05, 0) is 42.5 Å². The molecule has 5 aromatic rings. The minimum absolute atomic E-state index is 0.207. The predicted octanol–water partition coefficient (Wildman–Crippen LogP) is 6.74. The smallest absolute Gasteiger partial charge is 0.331 e. The van der Waals surface area contributed by atoms with Gasteiger partial charge < -0.3 is 24.8 Å². The maximum atomic E-state index is 13.7. The SMILES string of the molecule is COc1cc(NC(=O)c2sc3ncc(C#N)c4c3c2NC(=O)N4c2ccc(Oc3ccccc3)cc2)ccc1CN1CCOCC1. The molecule has 0 bridgehead atoms. The molecular formula is C34H28N6O5S. The van der Waals surface area contributed by atoms with Crippen LogP contribution in [0.3, 0.4) is 0 Å². The molecule has 4 heterocycles. The first-order chi connectivity index (χ1) is 22.5. The second-order valence-corrected chi connectivity index (χ2v) is 11.7. The van der Waals surface area contributed by atoms with Crippen LogP contribution >= 0.6 is 11.3 Å². The van der Waals surface area contributed by atoms with Gasteiger partial charge in [0.1, 0.15) is 33.0 Å². The topological polar surface area (TPSA) is 129 Å². The number of hydrogen-bond acceptors (Lipinski definition) is 9. The van der Waals surface area contributed by atoms with Crippen LogP contribution in [0.4, 0.5) is 27.5 Å². The molecule has 2 aliphatic rings. The van der Waals surface area contributed by atoms with E-state index in [-0.39, 0.29) is 10.4 Å². The highest BCUT2D eigenvalue weighted by molar-refractivity contribution is 7.21. The number of urea groups is 1. The van der Waals surface area contributed by atoms with Crippen molar-refractivity contribution in [1.82, 2.24) is 9.88 Å². The van der Waals surface area contributed by atoms with Crippen LogP contribution in [0.25, 0.3) is 10.2 Å². The third kappa shape index (κ3) is 5.59. The maximum Gasteiger partial charge on any atom is 0.331 e. The average Bonchev–Trinajstić information content (AvgIpc) is 3.46. The minimum Gasteiger partial charge on any atom is -0.496 e. The fourth-order valence-corrected chi connectivity index (χ4v) is 6.58. The number of nitrogens with zero attached hydrogens (tertiary/aromatic N) is 4. The first-order valence-electron chi connectivity index (χ1n) is 14.6. The van der Waals surface area contributed by atoms with Crippen molar-refractivity contribution in [3.05, 3.63) is 95.0 Å².